The number of halogens is 3. The van der Waals surface area contributed by atoms with E-state index >= 15 is 0 Å². The molecule has 0 heterocycles. The van der Waals surface area contributed by atoms with Crippen LogP contribution >= 0.6 is 0 Å². The van der Waals surface area contributed by atoms with Crippen LogP contribution in [0.4, 0.5) is 13.2 Å². The lowest BCUT2D eigenvalue weighted by Gasteiger charge is -2.21. The molecule has 0 aromatic heterocycles. The molecule has 0 rings (SSSR count). The summed E-state index contributed by atoms with van der Waals surface area (Å²) in [5, 5.41) is -1.68. The van der Waals surface area contributed by atoms with E-state index in [1.54, 1.807) is 6.08 Å². The number of unbranched alkanes of at least 4 members (excludes halogenated alkanes) is 25. The van der Waals surface area contributed by atoms with Gasteiger partial charge in [0, 0.05) is 6.54 Å². The van der Waals surface area contributed by atoms with Crippen LogP contribution < -0.4 is 5.73 Å². The summed E-state index contributed by atoms with van der Waals surface area (Å²) < 4.78 is 74.0. The first-order chi connectivity index (χ1) is 21.8. The minimum atomic E-state index is -4.63. The highest BCUT2D eigenvalue weighted by molar-refractivity contribution is 7.86. The van der Waals surface area contributed by atoms with Gasteiger partial charge in [0.15, 0.2) is 6.17 Å². The molecule has 0 aliphatic carbocycles. The maximum absolute atomic E-state index is 14.6. The van der Waals surface area contributed by atoms with E-state index < -0.39 is 27.7 Å². The molecule has 0 spiro atoms. The van der Waals surface area contributed by atoms with Crippen molar-refractivity contribution in [1.29, 1.82) is 0 Å². The Morgan fingerprint density at radius 3 is 1.18 bits per heavy atom. The third kappa shape index (κ3) is 34.6. The van der Waals surface area contributed by atoms with E-state index in [1.165, 1.54) is 103 Å². The Morgan fingerprint density at radius 2 is 0.889 bits per heavy atom. The molecule has 0 fully saturated rings. The number of nitrogens with two attached hydrogens (primary N) is 1. The third-order valence-corrected chi connectivity index (χ3v) is 9.97. The van der Waals surface area contributed by atoms with Crippen molar-refractivity contribution in [3.63, 3.8) is 0 Å². The Hall–Kier alpha value is -0.600. The van der Waals surface area contributed by atoms with Gasteiger partial charge in [0.1, 0.15) is 11.4 Å². The Balaban J connectivity index is 0. The summed E-state index contributed by atoms with van der Waals surface area (Å²) in [6.45, 7) is 5.88. The van der Waals surface area contributed by atoms with Gasteiger partial charge in [-0.3, -0.25) is 8.94 Å². The minimum Gasteiger partial charge on any atom is -0.327 e. The number of hydrogen-bond acceptors (Lipinski definition) is 3. The van der Waals surface area contributed by atoms with Crippen molar-refractivity contribution < 1.29 is 26.1 Å². The summed E-state index contributed by atoms with van der Waals surface area (Å²) in [6, 6.07) is 0. The smallest absolute Gasteiger partial charge is 0.270 e. The highest BCUT2D eigenvalue weighted by Crippen LogP contribution is 2.25. The molecular formula is C37H74F3NO3S. The highest BCUT2D eigenvalue weighted by Gasteiger charge is 2.37. The summed E-state index contributed by atoms with van der Waals surface area (Å²) in [4.78, 5) is 0. The van der Waals surface area contributed by atoms with E-state index in [0.29, 0.717) is 25.8 Å². The van der Waals surface area contributed by atoms with E-state index in [1.807, 2.05) is 0 Å². The van der Waals surface area contributed by atoms with E-state index in [0.717, 1.165) is 51.4 Å². The van der Waals surface area contributed by atoms with Gasteiger partial charge in [-0.15, -0.1) is 6.58 Å². The van der Waals surface area contributed by atoms with Crippen molar-refractivity contribution in [2.24, 2.45) is 5.73 Å². The Labute approximate surface area is 278 Å². The van der Waals surface area contributed by atoms with Crippen LogP contribution in [-0.4, -0.2) is 43.8 Å². The Morgan fingerprint density at radius 1 is 0.600 bits per heavy atom. The van der Waals surface area contributed by atoms with Gasteiger partial charge < -0.3 is 5.73 Å². The second-order valence-electron chi connectivity index (χ2n) is 13.0. The Kier molecular flexibility index (Phi) is 37.5. The maximum Gasteiger partial charge on any atom is 0.270 e. The minimum absolute atomic E-state index is 0.0390. The maximum atomic E-state index is 14.6. The monoisotopic (exact) mass is 670 g/mol. The molecule has 0 saturated heterocycles. The largest absolute Gasteiger partial charge is 0.327 e. The molecule has 0 saturated carbocycles. The van der Waals surface area contributed by atoms with Gasteiger partial charge in [-0.2, -0.15) is 8.42 Å². The lowest BCUT2D eigenvalue weighted by Crippen LogP contribution is -2.37. The second-order valence-corrected chi connectivity index (χ2v) is 14.6. The molecule has 0 amide bonds. The van der Waals surface area contributed by atoms with Crippen LogP contribution in [0.25, 0.3) is 0 Å². The van der Waals surface area contributed by atoms with Crippen LogP contribution in [0.5, 0.6) is 0 Å². The van der Waals surface area contributed by atoms with Crippen molar-refractivity contribution >= 4 is 10.1 Å². The van der Waals surface area contributed by atoms with Gasteiger partial charge in [0.05, 0.1) is 6.67 Å². The first-order valence-electron chi connectivity index (χ1n) is 18.9. The standard InChI is InChI=1S/C34H67F3O3S.C3H7N/c1-2-3-4-5-6-7-8-9-10-11-12-13-14-15-16-17-18-19-20-24-27-30-33(41(38,39)40)34(37)32(36)29-26-23-21-22-25-28-31-35;1-2-3-4/h32-34H,2-31H2,1H3,(H,38,39,40);2H,1,3-4H2. The van der Waals surface area contributed by atoms with Crippen molar-refractivity contribution in [2.45, 2.75) is 211 Å². The molecule has 4 nitrogen and oxygen atoms in total. The number of hydrogen-bond donors (Lipinski definition) is 2. The highest BCUT2D eigenvalue weighted by atomic mass is 32.2. The molecule has 8 heteroatoms. The second kappa shape index (κ2) is 36.2. The fourth-order valence-electron chi connectivity index (χ4n) is 5.78. The zero-order valence-corrected chi connectivity index (χ0v) is 30.1. The van der Waals surface area contributed by atoms with E-state index in [9.17, 15) is 26.1 Å². The normalized spacial score (nSPS) is 13.6. The molecule has 0 aliphatic rings. The fourth-order valence-corrected chi connectivity index (χ4v) is 6.75. The van der Waals surface area contributed by atoms with Crippen LogP contribution in [0.1, 0.15) is 193 Å². The summed E-state index contributed by atoms with van der Waals surface area (Å²) in [6.07, 6.45) is 28.0. The third-order valence-electron chi connectivity index (χ3n) is 8.71. The van der Waals surface area contributed by atoms with Crippen LogP contribution in [0, 0.1) is 0 Å². The molecule has 0 aromatic rings. The molecule has 3 atom stereocenters. The lowest BCUT2D eigenvalue weighted by atomic mass is 10.0. The van der Waals surface area contributed by atoms with Crippen molar-refractivity contribution in [2.75, 3.05) is 13.2 Å². The molecule has 45 heavy (non-hydrogen) atoms. The molecular weight excluding hydrogens is 595 g/mol. The fraction of sp³-hybridized carbons (Fsp3) is 0.946. The van der Waals surface area contributed by atoms with Gasteiger partial charge in [-0.25, -0.2) is 8.78 Å². The quantitative estimate of drug-likeness (QED) is 0.0406. The molecule has 3 unspecified atom stereocenters. The van der Waals surface area contributed by atoms with Gasteiger partial charge in [0.25, 0.3) is 10.1 Å². The van der Waals surface area contributed by atoms with Crippen LogP contribution in [-0.2, 0) is 10.1 Å². The average molecular weight is 670 g/mol. The zero-order chi connectivity index (χ0) is 33.9. The molecule has 272 valence electrons. The number of alkyl halides is 3. The van der Waals surface area contributed by atoms with Gasteiger partial charge >= 0.3 is 0 Å². The summed E-state index contributed by atoms with van der Waals surface area (Å²) in [5.41, 5.74) is 4.91. The van der Waals surface area contributed by atoms with Gasteiger partial charge in [0.2, 0.25) is 0 Å². The molecule has 3 N–H and O–H groups in total. The average Bonchev–Trinajstić information content (AvgIpc) is 3.02. The van der Waals surface area contributed by atoms with E-state index in [4.69, 9.17) is 5.73 Å². The Bertz CT molecular complexity index is 696. The SMILES string of the molecule is C=CCN.CCCCCCCCCCCCCCCCCCCCCCCC(C(F)C(F)CCCCCCCCF)S(=O)(=O)O. The molecule has 0 aromatic carbocycles. The van der Waals surface area contributed by atoms with Gasteiger partial charge in [-0.1, -0.05) is 180 Å². The topological polar surface area (TPSA) is 80.4 Å². The first-order valence-corrected chi connectivity index (χ1v) is 20.4. The van der Waals surface area contributed by atoms with Crippen LogP contribution in [0.2, 0.25) is 0 Å². The van der Waals surface area contributed by atoms with Gasteiger partial charge in [-0.05, 0) is 19.3 Å². The predicted molar refractivity (Wildman–Crippen MR) is 190 cm³/mol. The lowest BCUT2D eigenvalue weighted by molar-refractivity contribution is 0.142. The summed E-state index contributed by atoms with van der Waals surface area (Å²) in [5.74, 6) is 0. The summed E-state index contributed by atoms with van der Waals surface area (Å²) >= 11 is 0. The van der Waals surface area contributed by atoms with Crippen LogP contribution in [0.3, 0.4) is 0 Å². The molecule has 0 radical (unpaired) electrons. The van der Waals surface area contributed by atoms with E-state index in [2.05, 4.69) is 13.5 Å². The molecule has 0 aliphatic heterocycles. The molecule has 0 bridgehead atoms. The summed E-state index contributed by atoms with van der Waals surface area (Å²) in [7, 11) is -4.63. The van der Waals surface area contributed by atoms with Crippen molar-refractivity contribution in [3.8, 4) is 0 Å². The van der Waals surface area contributed by atoms with Crippen LogP contribution in [0.15, 0.2) is 12.7 Å². The first kappa shape index (κ1) is 46.5. The predicted octanol–water partition coefficient (Wildman–Crippen LogP) is 12.4. The van der Waals surface area contributed by atoms with Crippen molar-refractivity contribution in [3.05, 3.63) is 12.7 Å². The zero-order valence-electron chi connectivity index (χ0n) is 29.3. The van der Waals surface area contributed by atoms with Crippen molar-refractivity contribution in [1.82, 2.24) is 0 Å². The number of rotatable bonds is 34. The van der Waals surface area contributed by atoms with E-state index in [-0.39, 0.29) is 19.5 Å².